The first-order valence-corrected chi connectivity index (χ1v) is 4.41. The molecule has 0 aliphatic rings. The van der Waals surface area contributed by atoms with Gasteiger partial charge in [0, 0.05) is 0 Å². The molecule has 2 atom stereocenters. The summed E-state index contributed by atoms with van der Waals surface area (Å²) >= 11 is 0. The fourth-order valence-corrected chi connectivity index (χ4v) is 1.01. The van der Waals surface area contributed by atoms with E-state index in [0.29, 0.717) is 0 Å². The molecule has 0 N–H and O–H groups in total. The number of rotatable bonds is 4. The molecule has 2 unspecified atom stereocenters. The fraction of sp³-hybridized carbons (Fsp3) is 1.00. The maximum absolute atomic E-state index is 12.1. The standard InChI is InChI=1S/C8H12F6O/c1-3-5(7(9,10)11)15-6(4-2)8(12,13)14/h5-6H,3-4H2,1-2H3. The molecule has 0 saturated heterocycles. The first kappa shape index (κ1) is 14.5. The highest BCUT2D eigenvalue weighted by molar-refractivity contribution is 4.72. The average Bonchev–Trinajstić information content (AvgIpc) is 2.01. The van der Waals surface area contributed by atoms with Crippen LogP contribution in [0.25, 0.3) is 0 Å². The molecule has 0 rings (SSSR count). The normalized spacial score (nSPS) is 17.6. The zero-order chi connectivity index (χ0) is 12.3. The summed E-state index contributed by atoms with van der Waals surface area (Å²) in [6.07, 6.45) is -15.3. The largest absolute Gasteiger partial charge is 0.414 e. The van der Waals surface area contributed by atoms with E-state index >= 15 is 0 Å². The maximum atomic E-state index is 12.1. The molecule has 0 aliphatic heterocycles. The van der Waals surface area contributed by atoms with E-state index in [1.807, 2.05) is 0 Å². The van der Waals surface area contributed by atoms with Crippen molar-refractivity contribution in [2.75, 3.05) is 0 Å². The van der Waals surface area contributed by atoms with Gasteiger partial charge in [-0.1, -0.05) is 13.8 Å². The fourth-order valence-electron chi connectivity index (χ4n) is 1.01. The van der Waals surface area contributed by atoms with Crippen LogP contribution in [0.2, 0.25) is 0 Å². The summed E-state index contributed by atoms with van der Waals surface area (Å²) < 4.78 is 76.7. The van der Waals surface area contributed by atoms with Crippen LogP contribution in [0.3, 0.4) is 0 Å². The van der Waals surface area contributed by atoms with Crippen LogP contribution in [0, 0.1) is 0 Å². The summed E-state index contributed by atoms with van der Waals surface area (Å²) in [6, 6.07) is 0. The zero-order valence-corrected chi connectivity index (χ0v) is 8.24. The molecule has 15 heavy (non-hydrogen) atoms. The Morgan fingerprint density at radius 2 is 1.07 bits per heavy atom. The summed E-state index contributed by atoms with van der Waals surface area (Å²) in [4.78, 5) is 0. The monoisotopic (exact) mass is 238 g/mol. The lowest BCUT2D eigenvalue weighted by Crippen LogP contribution is -2.40. The van der Waals surface area contributed by atoms with E-state index in [0.717, 1.165) is 13.8 Å². The minimum absolute atomic E-state index is 0.532. The highest BCUT2D eigenvalue weighted by atomic mass is 19.4. The van der Waals surface area contributed by atoms with Gasteiger partial charge < -0.3 is 4.74 Å². The zero-order valence-electron chi connectivity index (χ0n) is 8.24. The molecule has 0 aromatic heterocycles. The number of alkyl halides is 6. The van der Waals surface area contributed by atoms with Crippen molar-refractivity contribution in [3.05, 3.63) is 0 Å². The molecule has 0 aromatic carbocycles. The van der Waals surface area contributed by atoms with Crippen LogP contribution in [-0.2, 0) is 4.74 Å². The Morgan fingerprint density at radius 1 is 0.800 bits per heavy atom. The summed E-state index contributed by atoms with van der Waals surface area (Å²) in [5, 5.41) is 0. The first-order valence-electron chi connectivity index (χ1n) is 4.41. The van der Waals surface area contributed by atoms with Crippen molar-refractivity contribution in [3.63, 3.8) is 0 Å². The third kappa shape index (κ3) is 4.72. The van der Waals surface area contributed by atoms with Crippen LogP contribution in [0.15, 0.2) is 0 Å². The smallest absolute Gasteiger partial charge is 0.356 e. The Morgan fingerprint density at radius 3 is 1.20 bits per heavy atom. The van der Waals surface area contributed by atoms with Gasteiger partial charge in [0.05, 0.1) is 0 Å². The molecular weight excluding hydrogens is 226 g/mol. The second kappa shape index (κ2) is 5.05. The Balaban J connectivity index is 4.52. The van der Waals surface area contributed by atoms with Crippen LogP contribution in [-0.4, -0.2) is 24.6 Å². The van der Waals surface area contributed by atoms with Gasteiger partial charge in [0.25, 0.3) is 0 Å². The summed E-state index contributed by atoms with van der Waals surface area (Å²) in [5.74, 6) is 0. The highest BCUT2D eigenvalue weighted by Gasteiger charge is 2.47. The van der Waals surface area contributed by atoms with Gasteiger partial charge in [-0.15, -0.1) is 0 Å². The Kier molecular flexibility index (Phi) is 4.89. The van der Waals surface area contributed by atoms with E-state index in [1.54, 1.807) is 0 Å². The lowest BCUT2D eigenvalue weighted by atomic mass is 10.2. The third-order valence-electron chi connectivity index (χ3n) is 1.80. The van der Waals surface area contributed by atoms with Gasteiger partial charge >= 0.3 is 12.4 Å². The van der Waals surface area contributed by atoms with E-state index < -0.39 is 37.4 Å². The lowest BCUT2D eigenvalue weighted by Gasteiger charge is -2.26. The number of halogens is 6. The number of hydrogen-bond donors (Lipinski definition) is 0. The molecule has 7 heteroatoms. The molecule has 0 heterocycles. The van der Waals surface area contributed by atoms with E-state index in [9.17, 15) is 26.3 Å². The highest BCUT2D eigenvalue weighted by Crippen LogP contribution is 2.32. The van der Waals surface area contributed by atoms with Crippen molar-refractivity contribution in [2.45, 2.75) is 51.2 Å². The van der Waals surface area contributed by atoms with Crippen LogP contribution < -0.4 is 0 Å². The molecule has 0 radical (unpaired) electrons. The molecule has 0 saturated carbocycles. The molecule has 92 valence electrons. The molecule has 0 aliphatic carbocycles. The Bertz CT molecular complexity index is 165. The molecule has 0 amide bonds. The van der Waals surface area contributed by atoms with Crippen molar-refractivity contribution >= 4 is 0 Å². The van der Waals surface area contributed by atoms with E-state index in [1.165, 1.54) is 0 Å². The molecule has 1 nitrogen and oxygen atoms in total. The summed E-state index contributed by atoms with van der Waals surface area (Å²) in [6.45, 7) is 2.25. The second-order valence-electron chi connectivity index (χ2n) is 3.01. The van der Waals surface area contributed by atoms with Crippen LogP contribution in [0.1, 0.15) is 26.7 Å². The summed E-state index contributed by atoms with van der Waals surface area (Å²) in [7, 11) is 0. The van der Waals surface area contributed by atoms with Gasteiger partial charge in [0.2, 0.25) is 0 Å². The minimum atomic E-state index is -4.76. The maximum Gasteiger partial charge on any atom is 0.414 e. The van der Waals surface area contributed by atoms with Crippen molar-refractivity contribution in [2.24, 2.45) is 0 Å². The molecule has 0 aromatic rings. The van der Waals surface area contributed by atoms with Gasteiger partial charge in [0.15, 0.2) is 12.2 Å². The van der Waals surface area contributed by atoms with Gasteiger partial charge in [-0.2, -0.15) is 26.3 Å². The predicted octanol–water partition coefficient (Wildman–Crippen LogP) is 3.68. The number of hydrogen-bond acceptors (Lipinski definition) is 1. The second-order valence-corrected chi connectivity index (χ2v) is 3.01. The van der Waals surface area contributed by atoms with Crippen molar-refractivity contribution in [1.29, 1.82) is 0 Å². The van der Waals surface area contributed by atoms with Crippen LogP contribution in [0.5, 0.6) is 0 Å². The van der Waals surface area contributed by atoms with Gasteiger partial charge in [0.1, 0.15) is 0 Å². The topological polar surface area (TPSA) is 9.23 Å². The number of ether oxygens (including phenoxy) is 1. The Labute approximate surface area is 83.4 Å². The predicted molar refractivity (Wildman–Crippen MR) is 41.4 cm³/mol. The van der Waals surface area contributed by atoms with Crippen molar-refractivity contribution in [3.8, 4) is 0 Å². The summed E-state index contributed by atoms with van der Waals surface area (Å²) in [5.41, 5.74) is 0. The first-order chi connectivity index (χ1) is 6.62. The quantitative estimate of drug-likeness (QED) is 0.679. The van der Waals surface area contributed by atoms with Crippen molar-refractivity contribution in [1.82, 2.24) is 0 Å². The third-order valence-corrected chi connectivity index (χ3v) is 1.80. The minimum Gasteiger partial charge on any atom is -0.356 e. The lowest BCUT2D eigenvalue weighted by molar-refractivity contribution is -0.286. The Hall–Kier alpha value is -0.460. The molecular formula is C8H12F6O. The van der Waals surface area contributed by atoms with E-state index in [2.05, 4.69) is 4.74 Å². The van der Waals surface area contributed by atoms with Crippen LogP contribution in [0.4, 0.5) is 26.3 Å². The van der Waals surface area contributed by atoms with E-state index in [4.69, 9.17) is 0 Å². The van der Waals surface area contributed by atoms with Crippen LogP contribution >= 0.6 is 0 Å². The molecule has 0 fully saturated rings. The van der Waals surface area contributed by atoms with Crippen molar-refractivity contribution < 1.29 is 31.1 Å². The van der Waals surface area contributed by atoms with Gasteiger partial charge in [-0.3, -0.25) is 0 Å². The molecule has 0 bridgehead atoms. The van der Waals surface area contributed by atoms with Gasteiger partial charge in [-0.25, -0.2) is 0 Å². The van der Waals surface area contributed by atoms with Gasteiger partial charge in [-0.05, 0) is 12.8 Å². The SMILES string of the molecule is CCC(OC(CC)C(F)(F)F)C(F)(F)F. The average molecular weight is 238 g/mol. The van der Waals surface area contributed by atoms with E-state index in [-0.39, 0.29) is 0 Å². The molecule has 0 spiro atoms.